The maximum atomic E-state index is 13.0. The van der Waals surface area contributed by atoms with Crippen LogP contribution in [0.2, 0.25) is 0 Å². The van der Waals surface area contributed by atoms with Crippen molar-refractivity contribution in [1.82, 2.24) is 10.6 Å². The fourth-order valence-electron chi connectivity index (χ4n) is 3.78. The predicted octanol–water partition coefficient (Wildman–Crippen LogP) is 1.76. The molecular formula is C28H30N2O6. The number of phenolic OH excluding ortho intramolecular Hbond substituents is 1. The van der Waals surface area contributed by atoms with Crippen molar-refractivity contribution in [2.24, 2.45) is 0 Å². The summed E-state index contributed by atoms with van der Waals surface area (Å²) < 4.78 is 0. The molecule has 0 aliphatic rings. The van der Waals surface area contributed by atoms with Crippen molar-refractivity contribution in [3.63, 3.8) is 0 Å². The number of amides is 2. The Kier molecular flexibility index (Phi) is 9.32. The molecule has 3 aromatic rings. The van der Waals surface area contributed by atoms with E-state index < -0.39 is 42.4 Å². The zero-order valence-electron chi connectivity index (χ0n) is 19.9. The van der Waals surface area contributed by atoms with E-state index in [2.05, 4.69) is 10.6 Å². The molecule has 188 valence electrons. The lowest BCUT2D eigenvalue weighted by atomic mass is 10.0. The quantitative estimate of drug-likeness (QED) is 0.278. The highest BCUT2D eigenvalue weighted by Gasteiger charge is 2.29. The minimum atomic E-state index is -1.31. The molecule has 8 heteroatoms. The molecule has 36 heavy (non-hydrogen) atoms. The van der Waals surface area contributed by atoms with Crippen LogP contribution in [0, 0.1) is 0 Å². The zero-order valence-corrected chi connectivity index (χ0v) is 19.9. The molecule has 0 fully saturated rings. The van der Waals surface area contributed by atoms with Crippen LogP contribution in [0.3, 0.4) is 0 Å². The van der Waals surface area contributed by atoms with Gasteiger partial charge in [0.1, 0.15) is 24.4 Å². The van der Waals surface area contributed by atoms with E-state index in [4.69, 9.17) is 5.11 Å². The Bertz CT molecular complexity index is 1160. The Morgan fingerprint density at radius 1 is 0.806 bits per heavy atom. The van der Waals surface area contributed by atoms with E-state index in [-0.39, 0.29) is 18.6 Å². The molecule has 3 aromatic carbocycles. The molecule has 0 saturated carbocycles. The lowest BCUT2D eigenvalue weighted by Gasteiger charge is -2.24. The number of aliphatic hydroxyl groups excluding tert-OH is 2. The first-order valence-electron chi connectivity index (χ1n) is 11.6. The van der Waals surface area contributed by atoms with Crippen molar-refractivity contribution >= 4 is 17.6 Å². The predicted molar refractivity (Wildman–Crippen MR) is 135 cm³/mol. The Morgan fingerprint density at radius 2 is 1.39 bits per heavy atom. The number of ketones is 1. The number of benzene rings is 3. The lowest BCUT2D eigenvalue weighted by molar-refractivity contribution is -0.134. The third-order valence-corrected chi connectivity index (χ3v) is 5.74. The molecule has 0 aliphatic carbocycles. The fourth-order valence-corrected chi connectivity index (χ4v) is 3.78. The zero-order chi connectivity index (χ0) is 26.1. The first-order valence-corrected chi connectivity index (χ1v) is 11.6. The Hall–Kier alpha value is -4.01. The van der Waals surface area contributed by atoms with E-state index in [0.717, 1.165) is 16.7 Å². The molecule has 0 bridgehead atoms. The van der Waals surface area contributed by atoms with Crippen molar-refractivity contribution < 1.29 is 29.7 Å². The van der Waals surface area contributed by atoms with Crippen molar-refractivity contribution in [3.05, 3.63) is 90.0 Å². The van der Waals surface area contributed by atoms with Crippen LogP contribution in [-0.2, 0) is 27.2 Å². The normalized spacial score (nSPS) is 13.3. The molecule has 2 amide bonds. The van der Waals surface area contributed by atoms with Crippen LogP contribution in [0.4, 0.5) is 0 Å². The molecule has 5 N–H and O–H groups in total. The molecule has 0 aliphatic heterocycles. The summed E-state index contributed by atoms with van der Waals surface area (Å²) in [7, 11) is 0. The van der Waals surface area contributed by atoms with Crippen LogP contribution in [0.15, 0.2) is 78.9 Å². The number of carbonyl (C=O) groups is 3. The van der Waals surface area contributed by atoms with Crippen LogP contribution in [0.5, 0.6) is 5.75 Å². The number of Topliss-reactive ketones (excluding diaryl/α,β-unsaturated/α-hetero) is 1. The van der Waals surface area contributed by atoms with E-state index in [9.17, 15) is 24.6 Å². The van der Waals surface area contributed by atoms with Crippen molar-refractivity contribution in [2.75, 3.05) is 6.61 Å². The second-order valence-corrected chi connectivity index (χ2v) is 8.58. The highest BCUT2D eigenvalue weighted by atomic mass is 16.3. The summed E-state index contributed by atoms with van der Waals surface area (Å²) >= 11 is 0. The topological polar surface area (TPSA) is 136 Å². The van der Waals surface area contributed by atoms with Gasteiger partial charge in [-0.05, 0) is 41.3 Å². The van der Waals surface area contributed by atoms with Gasteiger partial charge in [-0.2, -0.15) is 0 Å². The molecule has 3 atom stereocenters. The second-order valence-electron chi connectivity index (χ2n) is 8.58. The van der Waals surface area contributed by atoms with Gasteiger partial charge in [0.2, 0.25) is 11.8 Å². The van der Waals surface area contributed by atoms with Gasteiger partial charge in [0, 0.05) is 6.42 Å². The summed E-state index contributed by atoms with van der Waals surface area (Å²) in [5.41, 5.74) is 3.50. The Balaban J connectivity index is 1.72. The first-order chi connectivity index (χ1) is 17.3. The maximum Gasteiger partial charge on any atom is 0.243 e. The average molecular weight is 491 g/mol. The van der Waals surface area contributed by atoms with Crippen LogP contribution < -0.4 is 10.6 Å². The van der Waals surface area contributed by atoms with Gasteiger partial charge >= 0.3 is 0 Å². The number of hydrogen-bond donors (Lipinski definition) is 5. The van der Waals surface area contributed by atoms with Crippen LogP contribution >= 0.6 is 0 Å². The second kappa shape index (κ2) is 12.6. The monoisotopic (exact) mass is 490 g/mol. The van der Waals surface area contributed by atoms with Gasteiger partial charge in [-0.15, -0.1) is 0 Å². The summed E-state index contributed by atoms with van der Waals surface area (Å²) in [6.45, 7) is 0.481. The summed E-state index contributed by atoms with van der Waals surface area (Å²) in [5.74, 6) is -1.76. The third-order valence-electron chi connectivity index (χ3n) is 5.74. The number of hydrogen-bond acceptors (Lipinski definition) is 6. The molecule has 0 unspecified atom stereocenters. The number of carbonyl (C=O) groups excluding carboxylic acids is 3. The highest BCUT2D eigenvalue weighted by molar-refractivity contribution is 5.94. The summed E-state index contributed by atoms with van der Waals surface area (Å²) in [5, 5.41) is 33.7. The molecule has 0 aromatic heterocycles. The smallest absolute Gasteiger partial charge is 0.243 e. The van der Waals surface area contributed by atoms with Gasteiger partial charge < -0.3 is 26.0 Å². The average Bonchev–Trinajstić information content (AvgIpc) is 2.88. The SMILES string of the molecule is C[C@@H](O)[C@H](NC(=O)[C@H](Cc1ccc(O)cc1)NC(=O)Cc1ccc(-c2ccccc2)cc1)C(=O)CO. The molecule has 0 heterocycles. The summed E-state index contributed by atoms with van der Waals surface area (Å²) in [4.78, 5) is 37.8. The molecule has 0 spiro atoms. The minimum absolute atomic E-state index is 0.0316. The third kappa shape index (κ3) is 7.49. The number of phenols is 1. The van der Waals surface area contributed by atoms with E-state index in [0.29, 0.717) is 5.56 Å². The molecule has 0 saturated heterocycles. The molecule has 0 radical (unpaired) electrons. The largest absolute Gasteiger partial charge is 0.508 e. The van der Waals surface area contributed by atoms with E-state index in [1.165, 1.54) is 19.1 Å². The van der Waals surface area contributed by atoms with Gasteiger partial charge in [-0.3, -0.25) is 14.4 Å². The van der Waals surface area contributed by atoms with Crippen LogP contribution in [-0.4, -0.2) is 57.7 Å². The number of nitrogens with one attached hydrogen (secondary N) is 2. The maximum absolute atomic E-state index is 13.0. The fraction of sp³-hybridized carbons (Fsp3) is 0.250. The number of rotatable bonds is 11. The summed E-state index contributed by atoms with van der Waals surface area (Å²) in [6.07, 6.45) is -1.11. The van der Waals surface area contributed by atoms with Gasteiger partial charge in [-0.1, -0.05) is 66.7 Å². The van der Waals surface area contributed by atoms with Gasteiger partial charge in [0.15, 0.2) is 5.78 Å². The van der Waals surface area contributed by atoms with Gasteiger partial charge in [0.25, 0.3) is 0 Å². The highest BCUT2D eigenvalue weighted by Crippen LogP contribution is 2.19. The van der Waals surface area contributed by atoms with Crippen molar-refractivity contribution in [3.8, 4) is 16.9 Å². The summed E-state index contributed by atoms with van der Waals surface area (Å²) in [6, 6.07) is 21.2. The Labute approximate surface area is 209 Å². The number of aliphatic hydroxyl groups is 2. The van der Waals surface area contributed by atoms with Crippen molar-refractivity contribution in [2.45, 2.75) is 38.0 Å². The van der Waals surface area contributed by atoms with Crippen LogP contribution in [0.1, 0.15) is 18.1 Å². The lowest BCUT2D eigenvalue weighted by Crippen LogP contribution is -2.56. The molecule has 8 nitrogen and oxygen atoms in total. The van der Waals surface area contributed by atoms with Crippen molar-refractivity contribution in [1.29, 1.82) is 0 Å². The first kappa shape index (κ1) is 26.6. The van der Waals surface area contributed by atoms with Crippen LogP contribution in [0.25, 0.3) is 11.1 Å². The Morgan fingerprint density at radius 3 is 1.97 bits per heavy atom. The molecule has 3 rings (SSSR count). The minimum Gasteiger partial charge on any atom is -0.508 e. The molecular weight excluding hydrogens is 460 g/mol. The standard InChI is InChI=1S/C28H30N2O6/c1-18(32)27(25(34)17-31)30-28(36)24(15-19-9-13-23(33)14-10-19)29-26(35)16-20-7-11-22(12-8-20)21-5-3-2-4-6-21/h2-14,18,24,27,31-33H,15-17H2,1H3,(H,29,35)(H,30,36)/t18-,24+,27+/m1/s1. The number of aromatic hydroxyl groups is 1. The van der Waals surface area contributed by atoms with Gasteiger partial charge in [0.05, 0.1) is 12.5 Å². The van der Waals surface area contributed by atoms with E-state index >= 15 is 0 Å². The van der Waals surface area contributed by atoms with E-state index in [1.54, 1.807) is 12.1 Å². The van der Waals surface area contributed by atoms with Gasteiger partial charge in [-0.25, -0.2) is 0 Å². The van der Waals surface area contributed by atoms with E-state index in [1.807, 2.05) is 54.6 Å².